The number of ether oxygens (including phenoxy) is 1. The van der Waals surface area contributed by atoms with E-state index in [0.29, 0.717) is 47.9 Å². The number of fused-ring (bicyclic) bond motifs is 4. The molecule has 4 bridgehead atoms. The van der Waals surface area contributed by atoms with Gasteiger partial charge in [0.25, 0.3) is 10.0 Å². The van der Waals surface area contributed by atoms with Gasteiger partial charge in [-0.2, -0.15) is 4.98 Å². The Morgan fingerprint density at radius 3 is 2.38 bits per heavy atom. The average molecular weight is 563 g/mol. The van der Waals surface area contributed by atoms with Gasteiger partial charge < -0.3 is 9.64 Å². The second-order valence-electron chi connectivity index (χ2n) is 12.3. The van der Waals surface area contributed by atoms with Gasteiger partial charge >= 0.3 is 0 Å². The number of benzene rings is 2. The Balaban J connectivity index is 1.60. The molecule has 2 aromatic carbocycles. The monoisotopic (exact) mass is 562 g/mol. The van der Waals surface area contributed by atoms with Crippen LogP contribution in [0.25, 0.3) is 11.3 Å². The number of aromatic nitrogens is 2. The maximum Gasteiger partial charge on any atom is 0.264 e. The van der Waals surface area contributed by atoms with E-state index < -0.39 is 10.0 Å². The van der Waals surface area contributed by atoms with Crippen LogP contribution in [-0.2, 0) is 16.4 Å². The van der Waals surface area contributed by atoms with Crippen LogP contribution in [0, 0.1) is 37.5 Å². The number of nitrogens with zero attached hydrogens (tertiary/aromatic N) is 3. The summed E-state index contributed by atoms with van der Waals surface area (Å²) in [6.45, 7) is 15.7. The van der Waals surface area contributed by atoms with Gasteiger partial charge in [0.1, 0.15) is 0 Å². The summed E-state index contributed by atoms with van der Waals surface area (Å²) in [5.74, 6) is 2.11. The molecule has 1 N–H and O–H groups in total. The predicted molar refractivity (Wildman–Crippen MR) is 160 cm³/mol. The SMILES string of the molecule is Cc1cccc(C)c1-c1cc2nc(n1)NS(=O)(=O)c1cccc(c1)CC(C1CN(C(C)C)C1)[C@H](CC(C)C)CO2. The summed E-state index contributed by atoms with van der Waals surface area (Å²) < 4.78 is 36.2. The Bertz CT molecular complexity index is 1440. The fourth-order valence-corrected chi connectivity index (χ4v) is 7.32. The first kappa shape index (κ1) is 28.6. The molecule has 1 saturated heterocycles. The molecular formula is C32H42N4O3S. The molecule has 7 nitrogen and oxygen atoms in total. The van der Waals surface area contributed by atoms with E-state index in [2.05, 4.69) is 47.3 Å². The predicted octanol–water partition coefficient (Wildman–Crippen LogP) is 6.11. The molecule has 40 heavy (non-hydrogen) atoms. The lowest BCUT2D eigenvalue weighted by molar-refractivity contribution is -0.00173. The molecule has 2 atom stereocenters. The molecule has 0 saturated carbocycles. The normalized spacial score (nSPS) is 21.5. The Hall–Kier alpha value is -2.97. The zero-order chi connectivity index (χ0) is 28.6. The van der Waals surface area contributed by atoms with Gasteiger partial charge in [-0.05, 0) is 93.0 Å². The molecule has 1 unspecified atom stereocenters. The van der Waals surface area contributed by atoms with Crippen molar-refractivity contribution in [2.24, 2.45) is 23.7 Å². The summed E-state index contributed by atoms with van der Waals surface area (Å²) in [6.07, 6.45) is 1.85. The highest BCUT2D eigenvalue weighted by molar-refractivity contribution is 7.92. The number of hydrogen-bond donors (Lipinski definition) is 1. The minimum absolute atomic E-state index is 0.0170. The number of likely N-dealkylation sites (tertiary alicyclic amines) is 1. The number of anilines is 1. The Labute approximate surface area is 239 Å². The van der Waals surface area contributed by atoms with Crippen molar-refractivity contribution in [3.63, 3.8) is 0 Å². The third kappa shape index (κ3) is 6.18. The molecule has 0 aliphatic carbocycles. The molecule has 5 rings (SSSR count). The summed E-state index contributed by atoms with van der Waals surface area (Å²) in [5.41, 5.74) is 4.75. The van der Waals surface area contributed by atoms with Crippen molar-refractivity contribution in [3.8, 4) is 17.1 Å². The Morgan fingerprint density at radius 2 is 1.70 bits per heavy atom. The molecule has 1 aromatic heterocycles. The first-order chi connectivity index (χ1) is 19.0. The van der Waals surface area contributed by atoms with Crippen LogP contribution in [0.4, 0.5) is 5.95 Å². The number of rotatable bonds is 5. The van der Waals surface area contributed by atoms with Gasteiger partial charge in [0.05, 0.1) is 17.2 Å². The summed E-state index contributed by atoms with van der Waals surface area (Å²) in [4.78, 5) is 11.9. The molecule has 0 spiro atoms. The summed E-state index contributed by atoms with van der Waals surface area (Å²) in [6, 6.07) is 15.8. The fraction of sp³-hybridized carbons (Fsp3) is 0.500. The van der Waals surface area contributed by atoms with Crippen LogP contribution in [0.15, 0.2) is 53.4 Å². The quantitative estimate of drug-likeness (QED) is 0.404. The lowest BCUT2D eigenvalue weighted by Crippen LogP contribution is -2.55. The molecule has 8 heteroatoms. The van der Waals surface area contributed by atoms with Gasteiger partial charge in [0.15, 0.2) is 0 Å². The van der Waals surface area contributed by atoms with E-state index >= 15 is 0 Å². The standard InChI is InChI=1S/C32H42N4O3S/c1-20(2)13-25-19-39-30-16-29(31-22(5)9-7-10-23(31)6)33-32(34-30)35-40(37,38)27-12-8-11-24(14-27)15-28(25)26-17-36(18-26)21(3)4/h7-12,14,16,20-21,25-26,28H,13,15,17-19H2,1-6H3,(H,33,34,35)/t25-,28?/m1/s1. The van der Waals surface area contributed by atoms with Crippen molar-refractivity contribution in [1.29, 1.82) is 0 Å². The summed E-state index contributed by atoms with van der Waals surface area (Å²) in [5, 5.41) is 0. The van der Waals surface area contributed by atoms with Crippen molar-refractivity contribution < 1.29 is 13.2 Å². The number of nitrogens with one attached hydrogen (secondary N) is 1. The molecule has 0 radical (unpaired) electrons. The second-order valence-corrected chi connectivity index (χ2v) is 14.0. The Morgan fingerprint density at radius 1 is 1.00 bits per heavy atom. The number of hydrogen-bond acceptors (Lipinski definition) is 6. The van der Waals surface area contributed by atoms with E-state index in [1.165, 1.54) is 0 Å². The van der Waals surface area contributed by atoms with E-state index in [1.54, 1.807) is 6.07 Å². The number of aryl methyl sites for hydroxylation is 2. The zero-order valence-corrected chi connectivity index (χ0v) is 25.3. The molecule has 3 aromatic rings. The Kier molecular flexibility index (Phi) is 8.20. The van der Waals surface area contributed by atoms with Crippen LogP contribution in [0.3, 0.4) is 0 Å². The molecule has 2 aliphatic rings. The summed E-state index contributed by atoms with van der Waals surface area (Å²) >= 11 is 0. The first-order valence-corrected chi connectivity index (χ1v) is 15.9. The maximum absolute atomic E-state index is 13.5. The smallest absolute Gasteiger partial charge is 0.264 e. The maximum atomic E-state index is 13.5. The van der Waals surface area contributed by atoms with Gasteiger partial charge in [0.2, 0.25) is 11.8 Å². The van der Waals surface area contributed by atoms with Gasteiger partial charge in [-0.25, -0.2) is 18.1 Å². The highest BCUT2D eigenvalue weighted by Crippen LogP contribution is 2.38. The molecule has 2 aliphatic heterocycles. The van der Waals surface area contributed by atoms with Crippen LogP contribution in [-0.4, -0.2) is 49.0 Å². The van der Waals surface area contributed by atoms with E-state index in [0.717, 1.165) is 48.2 Å². The summed E-state index contributed by atoms with van der Waals surface area (Å²) in [7, 11) is -3.90. The van der Waals surface area contributed by atoms with Crippen LogP contribution in [0.2, 0.25) is 0 Å². The van der Waals surface area contributed by atoms with Crippen LogP contribution in [0.5, 0.6) is 5.88 Å². The lowest BCUT2D eigenvalue weighted by Gasteiger charge is -2.48. The van der Waals surface area contributed by atoms with E-state index in [1.807, 2.05) is 56.3 Å². The first-order valence-electron chi connectivity index (χ1n) is 14.4. The topological polar surface area (TPSA) is 84.4 Å². The lowest BCUT2D eigenvalue weighted by atomic mass is 9.71. The van der Waals surface area contributed by atoms with Crippen LogP contribution >= 0.6 is 0 Å². The third-order valence-corrected chi connectivity index (χ3v) is 9.77. The molecule has 0 amide bonds. The van der Waals surface area contributed by atoms with E-state index in [9.17, 15) is 8.42 Å². The van der Waals surface area contributed by atoms with Crippen molar-refractivity contribution >= 4 is 16.0 Å². The minimum Gasteiger partial charge on any atom is -0.477 e. The van der Waals surface area contributed by atoms with Gasteiger partial charge in [-0.3, -0.25) is 0 Å². The molecule has 214 valence electrons. The third-order valence-electron chi connectivity index (χ3n) is 8.44. The molecule has 1 fully saturated rings. The van der Waals surface area contributed by atoms with E-state index in [4.69, 9.17) is 4.74 Å². The highest BCUT2D eigenvalue weighted by atomic mass is 32.2. The van der Waals surface area contributed by atoms with Gasteiger partial charge in [0, 0.05) is 30.8 Å². The highest BCUT2D eigenvalue weighted by Gasteiger charge is 2.39. The largest absolute Gasteiger partial charge is 0.477 e. The van der Waals surface area contributed by atoms with Crippen molar-refractivity contribution in [2.45, 2.75) is 65.3 Å². The fourth-order valence-electron chi connectivity index (χ4n) is 6.31. The molecule has 3 heterocycles. The van der Waals surface area contributed by atoms with Gasteiger partial charge in [-0.1, -0.05) is 44.2 Å². The van der Waals surface area contributed by atoms with Crippen LogP contribution in [0.1, 0.15) is 50.8 Å². The molecular weight excluding hydrogens is 520 g/mol. The van der Waals surface area contributed by atoms with E-state index in [-0.39, 0.29) is 10.8 Å². The van der Waals surface area contributed by atoms with Crippen molar-refractivity contribution in [1.82, 2.24) is 14.9 Å². The second kappa shape index (κ2) is 11.5. The van der Waals surface area contributed by atoms with Crippen LogP contribution < -0.4 is 9.46 Å². The average Bonchev–Trinajstić information content (AvgIpc) is 2.84. The van der Waals surface area contributed by atoms with Crippen molar-refractivity contribution in [3.05, 3.63) is 65.2 Å². The van der Waals surface area contributed by atoms with Gasteiger partial charge in [-0.15, -0.1) is 0 Å². The zero-order valence-electron chi connectivity index (χ0n) is 24.5. The van der Waals surface area contributed by atoms with Crippen molar-refractivity contribution in [2.75, 3.05) is 24.4 Å². The number of sulfonamides is 1. The minimum atomic E-state index is -3.90.